The number of aryl methyl sites for hydroxylation is 1. The van der Waals surface area contributed by atoms with Gasteiger partial charge in [-0.3, -0.25) is 14.6 Å². The molecule has 4 rings (SSSR count). The molecule has 150 valence electrons. The summed E-state index contributed by atoms with van der Waals surface area (Å²) in [5.41, 5.74) is 7.30. The topological polar surface area (TPSA) is 63.7 Å². The number of carbonyl (C=O) groups is 1. The van der Waals surface area contributed by atoms with Gasteiger partial charge < -0.3 is 4.98 Å². The highest BCUT2D eigenvalue weighted by Gasteiger charge is 2.18. The van der Waals surface area contributed by atoms with Crippen LogP contribution in [0.5, 0.6) is 0 Å². The molecule has 1 amide bonds. The number of hydrogen-bond donors (Lipinski definition) is 2. The number of para-hydroxylation sites is 1. The van der Waals surface area contributed by atoms with E-state index in [-0.39, 0.29) is 5.91 Å². The van der Waals surface area contributed by atoms with Crippen LogP contribution in [0.3, 0.4) is 0 Å². The Morgan fingerprint density at radius 2 is 1.79 bits per heavy atom. The summed E-state index contributed by atoms with van der Waals surface area (Å²) in [6.07, 6.45) is 3.59. The van der Waals surface area contributed by atoms with Crippen LogP contribution in [0, 0.1) is 6.92 Å². The molecule has 1 saturated heterocycles. The highest BCUT2D eigenvalue weighted by atomic mass is 16.2. The normalized spacial score (nSPS) is 15.9. The van der Waals surface area contributed by atoms with Gasteiger partial charge in [0.2, 0.25) is 0 Å². The van der Waals surface area contributed by atoms with E-state index in [1.807, 2.05) is 30.5 Å². The lowest BCUT2D eigenvalue weighted by atomic mass is 10.1. The van der Waals surface area contributed by atoms with Crippen molar-refractivity contribution < 1.29 is 4.79 Å². The molecule has 0 aliphatic carbocycles. The zero-order valence-corrected chi connectivity index (χ0v) is 16.8. The smallest absolute Gasteiger partial charge is 0.254 e. The molecule has 0 bridgehead atoms. The molecular formula is C23H27N5O. The Labute approximate surface area is 171 Å². The van der Waals surface area contributed by atoms with Crippen molar-refractivity contribution in [2.45, 2.75) is 13.5 Å². The number of aromatic nitrogens is 1. The minimum absolute atomic E-state index is 0.0759. The number of rotatable bonds is 6. The van der Waals surface area contributed by atoms with Crippen LogP contribution in [0.15, 0.2) is 59.8 Å². The minimum Gasteiger partial charge on any atom is -0.361 e. The van der Waals surface area contributed by atoms with Crippen LogP contribution >= 0.6 is 0 Å². The third kappa shape index (κ3) is 5.10. The molecule has 1 aliphatic rings. The first-order valence-electron chi connectivity index (χ1n) is 10.1. The fraction of sp³-hybridized carbons (Fsp3) is 0.304. The molecule has 0 saturated carbocycles. The number of nitrogens with one attached hydrogen (secondary N) is 2. The van der Waals surface area contributed by atoms with Crippen molar-refractivity contribution in [3.05, 3.63) is 71.4 Å². The van der Waals surface area contributed by atoms with E-state index in [1.54, 1.807) is 6.21 Å². The molecule has 2 heterocycles. The second-order valence-electron chi connectivity index (χ2n) is 7.62. The molecule has 0 radical (unpaired) electrons. The van der Waals surface area contributed by atoms with Crippen LogP contribution in [-0.4, -0.2) is 59.6 Å². The second kappa shape index (κ2) is 9.03. The van der Waals surface area contributed by atoms with E-state index < -0.39 is 0 Å². The number of benzene rings is 2. The van der Waals surface area contributed by atoms with Crippen LogP contribution in [0.2, 0.25) is 0 Å². The summed E-state index contributed by atoms with van der Waals surface area (Å²) in [6.45, 7) is 7.19. The predicted molar refractivity (Wildman–Crippen MR) is 117 cm³/mol. The summed E-state index contributed by atoms with van der Waals surface area (Å²) in [5, 5.41) is 5.22. The summed E-state index contributed by atoms with van der Waals surface area (Å²) in [7, 11) is 0. The first kappa shape index (κ1) is 19.4. The molecule has 2 N–H and O–H groups in total. The van der Waals surface area contributed by atoms with Crippen molar-refractivity contribution in [3.63, 3.8) is 0 Å². The first-order valence-corrected chi connectivity index (χ1v) is 10.1. The zero-order chi connectivity index (χ0) is 20.1. The average molecular weight is 390 g/mol. The Morgan fingerprint density at radius 3 is 2.59 bits per heavy atom. The third-order valence-corrected chi connectivity index (χ3v) is 5.37. The second-order valence-corrected chi connectivity index (χ2v) is 7.62. The molecule has 2 aromatic carbocycles. The number of piperazine rings is 1. The monoisotopic (exact) mass is 389 g/mol. The lowest BCUT2D eigenvalue weighted by Crippen LogP contribution is -2.48. The van der Waals surface area contributed by atoms with Gasteiger partial charge in [-0.25, -0.2) is 5.43 Å². The zero-order valence-electron chi connectivity index (χ0n) is 16.8. The predicted octanol–water partition coefficient (Wildman–Crippen LogP) is 2.74. The quantitative estimate of drug-likeness (QED) is 0.503. The minimum atomic E-state index is -0.0759. The third-order valence-electron chi connectivity index (χ3n) is 5.37. The number of fused-ring (bicyclic) bond motifs is 1. The molecule has 1 aromatic heterocycles. The number of hydrazone groups is 1. The van der Waals surface area contributed by atoms with E-state index in [9.17, 15) is 4.79 Å². The van der Waals surface area contributed by atoms with Gasteiger partial charge in [0.1, 0.15) is 0 Å². The Balaban J connectivity index is 1.21. The standard InChI is InChI=1S/C23H27N5O/c1-18-6-8-19(9-7-18)16-27-10-12-28(13-11-27)17-23(29)26-25-15-20-14-24-22-5-3-2-4-21(20)22/h2-9,14-15,24H,10-13,16-17H2,1H3,(H,26,29). The summed E-state index contributed by atoms with van der Waals surface area (Å²) >= 11 is 0. The van der Waals surface area contributed by atoms with Crippen molar-refractivity contribution in [3.8, 4) is 0 Å². The summed E-state index contributed by atoms with van der Waals surface area (Å²) < 4.78 is 0. The van der Waals surface area contributed by atoms with Crippen molar-refractivity contribution in [1.29, 1.82) is 0 Å². The number of hydrogen-bond acceptors (Lipinski definition) is 4. The van der Waals surface area contributed by atoms with E-state index in [0.717, 1.165) is 49.2 Å². The number of aromatic amines is 1. The fourth-order valence-corrected chi connectivity index (χ4v) is 3.67. The van der Waals surface area contributed by atoms with Crippen LogP contribution in [0.1, 0.15) is 16.7 Å². The van der Waals surface area contributed by atoms with Gasteiger partial charge in [0.15, 0.2) is 0 Å². The number of H-pyrrole nitrogens is 1. The summed E-state index contributed by atoms with van der Waals surface area (Å²) in [5.74, 6) is -0.0759. The van der Waals surface area contributed by atoms with Gasteiger partial charge in [-0.2, -0.15) is 5.10 Å². The van der Waals surface area contributed by atoms with Crippen LogP contribution < -0.4 is 5.43 Å². The SMILES string of the molecule is Cc1ccc(CN2CCN(CC(=O)NN=Cc3c[nH]c4ccccc34)CC2)cc1. The van der Waals surface area contributed by atoms with E-state index in [0.29, 0.717) is 6.54 Å². The first-order chi connectivity index (χ1) is 14.2. The van der Waals surface area contributed by atoms with Gasteiger partial charge in [-0.15, -0.1) is 0 Å². The van der Waals surface area contributed by atoms with Crippen molar-refractivity contribution in [1.82, 2.24) is 20.2 Å². The maximum absolute atomic E-state index is 12.2. The largest absolute Gasteiger partial charge is 0.361 e. The average Bonchev–Trinajstić information content (AvgIpc) is 3.14. The fourth-order valence-electron chi connectivity index (χ4n) is 3.67. The number of amides is 1. The Kier molecular flexibility index (Phi) is 6.03. The van der Waals surface area contributed by atoms with E-state index in [2.05, 4.69) is 56.5 Å². The highest BCUT2D eigenvalue weighted by Crippen LogP contribution is 2.15. The van der Waals surface area contributed by atoms with Gasteiger partial charge in [0.05, 0.1) is 12.8 Å². The molecular weight excluding hydrogens is 362 g/mol. The van der Waals surface area contributed by atoms with Gasteiger partial charge in [-0.05, 0) is 18.6 Å². The van der Waals surface area contributed by atoms with Crippen molar-refractivity contribution >= 4 is 23.0 Å². The van der Waals surface area contributed by atoms with Crippen LogP contribution in [0.4, 0.5) is 0 Å². The summed E-state index contributed by atoms with van der Waals surface area (Å²) in [4.78, 5) is 20.0. The Hall–Kier alpha value is -2.96. The molecule has 6 nitrogen and oxygen atoms in total. The van der Waals surface area contributed by atoms with E-state index in [1.165, 1.54) is 11.1 Å². The molecule has 6 heteroatoms. The molecule has 0 atom stereocenters. The molecule has 3 aromatic rings. The van der Waals surface area contributed by atoms with E-state index >= 15 is 0 Å². The molecule has 0 spiro atoms. The number of nitrogens with zero attached hydrogens (tertiary/aromatic N) is 3. The van der Waals surface area contributed by atoms with Gasteiger partial charge in [0.25, 0.3) is 5.91 Å². The van der Waals surface area contributed by atoms with Gasteiger partial charge in [0, 0.05) is 55.4 Å². The molecule has 0 unspecified atom stereocenters. The van der Waals surface area contributed by atoms with Crippen molar-refractivity contribution in [2.24, 2.45) is 5.10 Å². The molecule has 1 aliphatic heterocycles. The molecule has 29 heavy (non-hydrogen) atoms. The highest BCUT2D eigenvalue weighted by molar-refractivity contribution is 5.99. The van der Waals surface area contributed by atoms with Crippen LogP contribution in [0.25, 0.3) is 10.9 Å². The summed E-state index contributed by atoms with van der Waals surface area (Å²) in [6, 6.07) is 16.7. The number of carbonyl (C=O) groups excluding carboxylic acids is 1. The maximum atomic E-state index is 12.2. The Bertz CT molecular complexity index is 984. The lowest BCUT2D eigenvalue weighted by Gasteiger charge is -2.34. The molecule has 1 fully saturated rings. The van der Waals surface area contributed by atoms with Crippen LogP contribution in [-0.2, 0) is 11.3 Å². The Morgan fingerprint density at radius 1 is 1.07 bits per heavy atom. The van der Waals surface area contributed by atoms with E-state index in [4.69, 9.17) is 0 Å². The van der Waals surface area contributed by atoms with Crippen molar-refractivity contribution in [2.75, 3.05) is 32.7 Å². The van der Waals surface area contributed by atoms with Gasteiger partial charge in [-0.1, -0.05) is 48.0 Å². The van der Waals surface area contributed by atoms with Gasteiger partial charge >= 0.3 is 0 Å². The maximum Gasteiger partial charge on any atom is 0.254 e. The lowest BCUT2D eigenvalue weighted by molar-refractivity contribution is -0.122.